The van der Waals surface area contributed by atoms with Crippen LogP contribution in [0.2, 0.25) is 0 Å². The molecule has 1 amide bonds. The van der Waals surface area contributed by atoms with E-state index in [2.05, 4.69) is 5.32 Å². The predicted octanol–water partition coefficient (Wildman–Crippen LogP) is 0.766. The summed E-state index contributed by atoms with van der Waals surface area (Å²) >= 11 is 0. The summed E-state index contributed by atoms with van der Waals surface area (Å²) in [5.74, 6) is -1.28. The Morgan fingerprint density at radius 1 is 1.12 bits per heavy atom. The number of hydrogen-bond acceptors (Lipinski definition) is 3. The maximum Gasteiger partial charge on any atom is 0.306 e. The third-order valence-electron chi connectivity index (χ3n) is 3.29. The van der Waals surface area contributed by atoms with E-state index < -0.39 is 5.97 Å². The molecule has 0 bridgehead atoms. The number of rotatable bonds is 7. The predicted molar refractivity (Wildman–Crippen MR) is 62.4 cm³/mol. The first kappa shape index (κ1) is 14.0. The topological polar surface area (TPSA) is 86.6 Å². The van der Waals surface area contributed by atoms with Crippen LogP contribution in [0.15, 0.2) is 0 Å². The van der Waals surface area contributed by atoms with Crippen LogP contribution in [0.3, 0.4) is 0 Å². The van der Waals surface area contributed by atoms with Gasteiger partial charge in [0.15, 0.2) is 0 Å². The van der Waals surface area contributed by atoms with Crippen LogP contribution in [-0.4, -0.2) is 35.2 Å². The molecule has 0 radical (unpaired) electrons. The maximum atomic E-state index is 11.7. The van der Waals surface area contributed by atoms with Crippen LogP contribution in [-0.2, 0) is 9.59 Å². The van der Waals surface area contributed by atoms with Crippen molar-refractivity contribution in [2.24, 2.45) is 11.8 Å². The summed E-state index contributed by atoms with van der Waals surface area (Å²) in [6.07, 6.45) is 4.29. The van der Waals surface area contributed by atoms with E-state index in [1.807, 2.05) is 0 Å². The van der Waals surface area contributed by atoms with Gasteiger partial charge in [-0.15, -0.1) is 0 Å². The minimum absolute atomic E-state index is 0.0160. The molecule has 5 nitrogen and oxygen atoms in total. The third-order valence-corrected chi connectivity index (χ3v) is 3.29. The van der Waals surface area contributed by atoms with Gasteiger partial charge in [0.2, 0.25) is 5.91 Å². The van der Waals surface area contributed by atoms with Crippen molar-refractivity contribution in [2.45, 2.75) is 38.5 Å². The Kier molecular flexibility index (Phi) is 5.97. The normalized spacial score (nSPS) is 23.6. The van der Waals surface area contributed by atoms with E-state index in [0.29, 0.717) is 25.8 Å². The largest absolute Gasteiger partial charge is 0.481 e. The van der Waals surface area contributed by atoms with E-state index in [-0.39, 0.29) is 24.3 Å². The Morgan fingerprint density at radius 2 is 1.82 bits per heavy atom. The first-order chi connectivity index (χ1) is 8.15. The lowest BCUT2D eigenvalue weighted by atomic mass is 10.0. The molecule has 17 heavy (non-hydrogen) atoms. The number of carboxylic acid groups (broad SMARTS) is 1. The van der Waals surface area contributed by atoms with Crippen LogP contribution >= 0.6 is 0 Å². The minimum Gasteiger partial charge on any atom is -0.481 e. The van der Waals surface area contributed by atoms with Crippen molar-refractivity contribution in [1.82, 2.24) is 5.32 Å². The smallest absolute Gasteiger partial charge is 0.306 e. The van der Waals surface area contributed by atoms with Crippen molar-refractivity contribution in [3.8, 4) is 0 Å². The molecule has 1 fully saturated rings. The molecule has 1 saturated carbocycles. The highest BCUT2D eigenvalue weighted by Gasteiger charge is 2.33. The molecule has 0 heterocycles. The number of nitrogens with one attached hydrogen (secondary N) is 1. The van der Waals surface area contributed by atoms with E-state index in [4.69, 9.17) is 10.2 Å². The van der Waals surface area contributed by atoms with E-state index in [9.17, 15) is 9.59 Å². The van der Waals surface area contributed by atoms with Crippen LogP contribution in [0.25, 0.3) is 0 Å². The highest BCUT2D eigenvalue weighted by Crippen LogP contribution is 2.30. The number of carbonyl (C=O) groups is 2. The van der Waals surface area contributed by atoms with Gasteiger partial charge in [0.05, 0.1) is 5.92 Å². The minimum atomic E-state index is -0.789. The number of carboxylic acids is 1. The Hall–Kier alpha value is -1.10. The quantitative estimate of drug-likeness (QED) is 0.576. The van der Waals surface area contributed by atoms with Gasteiger partial charge >= 0.3 is 5.97 Å². The van der Waals surface area contributed by atoms with E-state index >= 15 is 0 Å². The molecule has 3 N–H and O–H groups in total. The van der Waals surface area contributed by atoms with Gasteiger partial charge in [-0.1, -0.05) is 0 Å². The standard InChI is InChI=1S/C12H21NO4/c14-7-3-1-2-6-13-11(15)9-4-5-10(8-9)12(16)17/h9-10,14H,1-8H2,(H,13,15)(H,16,17). The molecule has 98 valence electrons. The Morgan fingerprint density at radius 3 is 2.41 bits per heavy atom. The molecule has 0 aromatic heterocycles. The van der Waals surface area contributed by atoms with Gasteiger partial charge in [-0.2, -0.15) is 0 Å². The number of aliphatic hydroxyl groups is 1. The zero-order chi connectivity index (χ0) is 12.7. The average molecular weight is 243 g/mol. The third kappa shape index (κ3) is 4.73. The molecule has 2 atom stereocenters. The van der Waals surface area contributed by atoms with Crippen molar-refractivity contribution in [2.75, 3.05) is 13.2 Å². The number of amides is 1. The Bertz CT molecular complexity index is 267. The van der Waals surface area contributed by atoms with Gasteiger partial charge in [-0.25, -0.2) is 0 Å². The Labute approximate surface area is 101 Å². The molecule has 2 unspecified atom stereocenters. The van der Waals surface area contributed by atoms with Crippen molar-refractivity contribution in [1.29, 1.82) is 0 Å². The van der Waals surface area contributed by atoms with Crippen molar-refractivity contribution in [3.05, 3.63) is 0 Å². The molecular weight excluding hydrogens is 222 g/mol. The van der Waals surface area contributed by atoms with Gasteiger partial charge in [0.1, 0.15) is 0 Å². The lowest BCUT2D eigenvalue weighted by Crippen LogP contribution is -2.30. The molecular formula is C12H21NO4. The van der Waals surface area contributed by atoms with Crippen molar-refractivity contribution < 1.29 is 19.8 Å². The van der Waals surface area contributed by atoms with Gasteiger partial charge < -0.3 is 15.5 Å². The fraction of sp³-hybridized carbons (Fsp3) is 0.833. The highest BCUT2D eigenvalue weighted by molar-refractivity contribution is 5.80. The monoisotopic (exact) mass is 243 g/mol. The molecule has 0 aromatic carbocycles. The molecule has 0 saturated heterocycles. The summed E-state index contributed by atoms with van der Waals surface area (Å²) in [4.78, 5) is 22.4. The lowest BCUT2D eigenvalue weighted by molar-refractivity contribution is -0.141. The highest BCUT2D eigenvalue weighted by atomic mass is 16.4. The first-order valence-corrected chi connectivity index (χ1v) is 6.26. The van der Waals surface area contributed by atoms with Gasteiger partial charge in [0, 0.05) is 19.1 Å². The van der Waals surface area contributed by atoms with Crippen LogP contribution in [0.1, 0.15) is 38.5 Å². The summed E-state index contributed by atoms with van der Waals surface area (Å²) in [5, 5.41) is 20.2. The molecule has 1 rings (SSSR count). The van der Waals surface area contributed by atoms with Crippen LogP contribution in [0.5, 0.6) is 0 Å². The molecule has 0 aromatic rings. The zero-order valence-electron chi connectivity index (χ0n) is 10.0. The second kappa shape index (κ2) is 7.27. The number of aliphatic hydroxyl groups excluding tert-OH is 1. The van der Waals surface area contributed by atoms with E-state index in [0.717, 1.165) is 19.3 Å². The van der Waals surface area contributed by atoms with E-state index in [1.54, 1.807) is 0 Å². The second-order valence-corrected chi connectivity index (χ2v) is 4.62. The average Bonchev–Trinajstić information content (AvgIpc) is 2.78. The number of hydrogen-bond donors (Lipinski definition) is 3. The summed E-state index contributed by atoms with van der Waals surface area (Å²) in [5.41, 5.74) is 0. The second-order valence-electron chi connectivity index (χ2n) is 4.62. The number of aliphatic carboxylic acids is 1. The molecule has 0 spiro atoms. The maximum absolute atomic E-state index is 11.7. The van der Waals surface area contributed by atoms with Crippen molar-refractivity contribution >= 4 is 11.9 Å². The first-order valence-electron chi connectivity index (χ1n) is 6.26. The fourth-order valence-corrected chi connectivity index (χ4v) is 2.21. The Balaban J connectivity index is 2.14. The molecule has 5 heteroatoms. The fourth-order valence-electron chi connectivity index (χ4n) is 2.21. The molecule has 1 aliphatic rings. The van der Waals surface area contributed by atoms with E-state index in [1.165, 1.54) is 0 Å². The van der Waals surface area contributed by atoms with Crippen molar-refractivity contribution in [3.63, 3.8) is 0 Å². The van der Waals surface area contributed by atoms with Crippen LogP contribution < -0.4 is 5.32 Å². The summed E-state index contributed by atoms with van der Waals surface area (Å²) < 4.78 is 0. The summed E-state index contributed by atoms with van der Waals surface area (Å²) in [7, 11) is 0. The lowest BCUT2D eigenvalue weighted by Gasteiger charge is -2.10. The van der Waals surface area contributed by atoms with Crippen LogP contribution in [0.4, 0.5) is 0 Å². The zero-order valence-corrected chi connectivity index (χ0v) is 10.0. The molecule has 1 aliphatic carbocycles. The summed E-state index contributed by atoms with van der Waals surface area (Å²) in [6, 6.07) is 0. The molecule has 0 aliphatic heterocycles. The van der Waals surface area contributed by atoms with Gasteiger partial charge in [0.25, 0.3) is 0 Å². The summed E-state index contributed by atoms with van der Waals surface area (Å²) in [6.45, 7) is 0.809. The SMILES string of the molecule is O=C(O)C1CCC(C(=O)NCCCCCO)C1. The van der Waals surface area contributed by atoms with Gasteiger partial charge in [-0.05, 0) is 38.5 Å². The number of unbranched alkanes of at least 4 members (excludes halogenated alkanes) is 2. The van der Waals surface area contributed by atoms with Crippen LogP contribution in [0, 0.1) is 11.8 Å². The number of carbonyl (C=O) groups excluding carboxylic acids is 1. The van der Waals surface area contributed by atoms with Gasteiger partial charge in [-0.3, -0.25) is 9.59 Å².